The highest BCUT2D eigenvalue weighted by Gasteiger charge is 2.20. The van der Waals surface area contributed by atoms with Crippen LogP contribution in [0.15, 0.2) is 107 Å². The van der Waals surface area contributed by atoms with Crippen LogP contribution in [-0.2, 0) is 0 Å². The predicted octanol–water partition coefficient (Wildman–Crippen LogP) is 4.53. The summed E-state index contributed by atoms with van der Waals surface area (Å²) in [5.41, 5.74) is 1.81. The summed E-state index contributed by atoms with van der Waals surface area (Å²) in [6.45, 7) is 0. The van der Waals surface area contributed by atoms with Crippen LogP contribution in [0.25, 0.3) is 38.6 Å². The molecule has 0 saturated heterocycles. The molecule has 6 heteroatoms. The van der Waals surface area contributed by atoms with Gasteiger partial charge in [0.1, 0.15) is 5.75 Å². The average Bonchev–Trinajstić information content (AvgIpc) is 3.14. The van der Waals surface area contributed by atoms with Gasteiger partial charge in [-0.1, -0.05) is 60.7 Å². The van der Waals surface area contributed by atoms with Gasteiger partial charge in [0.05, 0.1) is 24.0 Å². The van der Waals surface area contributed by atoms with Crippen LogP contribution in [-0.4, -0.2) is 20.7 Å². The molecule has 0 aliphatic heterocycles. The van der Waals surface area contributed by atoms with Crippen molar-refractivity contribution in [1.29, 1.82) is 0 Å². The number of methoxy groups -OCH3 is 1. The smallest absolute Gasteiger partial charge is 0.356 e. The van der Waals surface area contributed by atoms with Crippen molar-refractivity contribution in [2.24, 2.45) is 0 Å². The van der Waals surface area contributed by atoms with Crippen molar-refractivity contribution in [2.75, 3.05) is 7.11 Å². The fourth-order valence-electron chi connectivity index (χ4n) is 4.54. The van der Waals surface area contributed by atoms with E-state index in [1.54, 1.807) is 19.2 Å². The maximum absolute atomic E-state index is 13.7. The van der Waals surface area contributed by atoms with Crippen LogP contribution in [0.2, 0.25) is 0 Å². The van der Waals surface area contributed by atoms with E-state index < -0.39 is 11.4 Å². The van der Waals surface area contributed by atoms with E-state index in [2.05, 4.69) is 0 Å². The zero-order chi connectivity index (χ0) is 22.5. The summed E-state index contributed by atoms with van der Waals surface area (Å²) in [4.78, 5) is 27.3. The minimum Gasteiger partial charge on any atom is -0.496 e. The van der Waals surface area contributed by atoms with Crippen LogP contribution in [0.1, 0.15) is 0 Å². The first kappa shape index (κ1) is 19.1. The van der Waals surface area contributed by atoms with E-state index in [1.807, 2.05) is 84.9 Å². The minimum atomic E-state index is -0.424. The van der Waals surface area contributed by atoms with Crippen LogP contribution in [0.3, 0.4) is 0 Å². The van der Waals surface area contributed by atoms with Crippen molar-refractivity contribution in [2.45, 2.75) is 0 Å². The summed E-state index contributed by atoms with van der Waals surface area (Å²) >= 11 is 0. The number of nitrogens with zero attached hydrogens (tertiary/aromatic N) is 3. The first-order valence-electron chi connectivity index (χ1n) is 10.6. The number of hydrogen-bond donors (Lipinski definition) is 0. The fraction of sp³-hybridized carbons (Fsp3) is 0.0370. The normalized spacial score (nSPS) is 11.4. The first-order chi connectivity index (χ1) is 16.2. The Morgan fingerprint density at radius 1 is 0.667 bits per heavy atom. The molecular weight excluding hydrogens is 414 g/mol. The third kappa shape index (κ3) is 2.74. The summed E-state index contributed by atoms with van der Waals surface area (Å²) in [5.74, 6) is 0.748. The van der Waals surface area contributed by atoms with Gasteiger partial charge in [0.2, 0.25) is 0 Å². The number of ether oxygens (including phenoxy) is 1. The van der Waals surface area contributed by atoms with Crippen molar-refractivity contribution < 1.29 is 4.74 Å². The van der Waals surface area contributed by atoms with E-state index in [0.717, 1.165) is 27.5 Å². The molecule has 0 radical (unpaired) electrons. The molecule has 6 rings (SSSR count). The maximum Gasteiger partial charge on any atom is 0.356 e. The quantitative estimate of drug-likeness (QED) is 0.412. The van der Waals surface area contributed by atoms with Gasteiger partial charge in [-0.25, -0.2) is 14.2 Å². The second-order valence-corrected chi connectivity index (χ2v) is 7.81. The second-order valence-electron chi connectivity index (χ2n) is 7.81. The molecule has 160 valence electrons. The van der Waals surface area contributed by atoms with Gasteiger partial charge in [-0.05, 0) is 41.8 Å². The van der Waals surface area contributed by atoms with Crippen LogP contribution in [0, 0.1) is 0 Å². The Kier molecular flexibility index (Phi) is 4.20. The molecule has 0 unspecified atom stereocenters. The lowest BCUT2D eigenvalue weighted by Crippen LogP contribution is -2.25. The Labute approximate surface area is 188 Å². The summed E-state index contributed by atoms with van der Waals surface area (Å²) in [5, 5.41) is 2.72. The molecule has 6 nitrogen and oxygen atoms in total. The highest BCUT2D eigenvalue weighted by molar-refractivity contribution is 6.00. The highest BCUT2D eigenvalue weighted by atomic mass is 16.5. The Balaban J connectivity index is 1.83. The zero-order valence-electron chi connectivity index (χ0n) is 17.8. The van der Waals surface area contributed by atoms with Crippen LogP contribution in [0.5, 0.6) is 5.75 Å². The summed E-state index contributed by atoms with van der Waals surface area (Å²) < 4.78 is 9.68. The van der Waals surface area contributed by atoms with Crippen LogP contribution < -0.4 is 16.1 Å². The zero-order valence-corrected chi connectivity index (χ0v) is 17.8. The van der Waals surface area contributed by atoms with Gasteiger partial charge in [0, 0.05) is 16.3 Å². The lowest BCUT2D eigenvalue weighted by atomic mass is 10.00. The van der Waals surface area contributed by atoms with E-state index in [-0.39, 0.29) is 0 Å². The van der Waals surface area contributed by atoms with E-state index in [4.69, 9.17) is 4.74 Å². The van der Waals surface area contributed by atoms with E-state index >= 15 is 0 Å². The van der Waals surface area contributed by atoms with Crippen molar-refractivity contribution in [3.8, 4) is 22.7 Å². The van der Waals surface area contributed by atoms with Crippen molar-refractivity contribution in [3.63, 3.8) is 0 Å². The van der Waals surface area contributed by atoms with Gasteiger partial charge in [0.25, 0.3) is 0 Å². The summed E-state index contributed by atoms with van der Waals surface area (Å²) in [6.07, 6.45) is 0. The minimum absolute atomic E-state index is 0.415. The van der Waals surface area contributed by atoms with E-state index in [1.165, 1.54) is 13.6 Å². The summed E-state index contributed by atoms with van der Waals surface area (Å²) in [7, 11) is 1.64. The number of hydrogen-bond acceptors (Lipinski definition) is 3. The number of aromatic nitrogens is 3. The molecule has 0 aliphatic rings. The second kappa shape index (κ2) is 7.24. The molecular formula is C27H19N3O3. The van der Waals surface area contributed by atoms with Crippen molar-refractivity contribution >= 4 is 21.7 Å². The van der Waals surface area contributed by atoms with E-state index in [0.29, 0.717) is 16.9 Å². The third-order valence-corrected chi connectivity index (χ3v) is 6.02. The van der Waals surface area contributed by atoms with E-state index in [9.17, 15) is 9.59 Å². The lowest BCUT2D eigenvalue weighted by molar-refractivity contribution is 0.420. The molecule has 6 aromatic rings. The molecule has 2 aromatic heterocycles. The molecule has 0 amide bonds. The first-order valence-corrected chi connectivity index (χ1v) is 10.6. The molecule has 0 N–H and O–H groups in total. The maximum atomic E-state index is 13.7. The monoisotopic (exact) mass is 433 g/mol. The molecule has 2 heterocycles. The number of para-hydroxylation sites is 2. The Hall–Kier alpha value is -4.58. The van der Waals surface area contributed by atoms with Crippen LogP contribution >= 0.6 is 0 Å². The molecule has 0 aliphatic carbocycles. The molecule has 0 spiro atoms. The van der Waals surface area contributed by atoms with Crippen molar-refractivity contribution in [3.05, 3.63) is 118 Å². The molecule has 0 fully saturated rings. The highest BCUT2D eigenvalue weighted by Crippen LogP contribution is 2.34. The SMILES string of the molecule is COc1ccc(-c2cc3ccccc3n3c(=O)n(-c4ccccc4)c(=O)n23)c2ccccc12. The van der Waals surface area contributed by atoms with Crippen molar-refractivity contribution in [1.82, 2.24) is 13.6 Å². The summed E-state index contributed by atoms with van der Waals surface area (Å²) in [6, 6.07) is 30.2. The topological polar surface area (TPSA) is 57.1 Å². The van der Waals surface area contributed by atoms with Gasteiger partial charge in [-0.2, -0.15) is 9.03 Å². The Morgan fingerprint density at radius 2 is 1.33 bits per heavy atom. The molecule has 0 saturated carbocycles. The van der Waals surface area contributed by atoms with Gasteiger partial charge in [-0.15, -0.1) is 0 Å². The lowest BCUT2D eigenvalue weighted by Gasteiger charge is -2.13. The number of rotatable bonds is 3. The molecule has 0 bridgehead atoms. The molecule has 4 aromatic carbocycles. The van der Waals surface area contributed by atoms with Gasteiger partial charge < -0.3 is 4.74 Å². The Bertz CT molecular complexity index is 1790. The Morgan fingerprint density at radius 3 is 2.12 bits per heavy atom. The fourth-order valence-corrected chi connectivity index (χ4v) is 4.54. The van der Waals surface area contributed by atoms with Gasteiger partial charge in [-0.3, -0.25) is 0 Å². The standard InChI is InChI=1S/C27H19N3O3/c1-33-25-16-15-21(20-12-6-7-13-22(20)25)24-17-18-9-5-8-14-23(18)29-26(31)28(27(32)30(24)29)19-10-3-2-4-11-19/h2-17H,1H3. The van der Waals surface area contributed by atoms with Crippen LogP contribution in [0.4, 0.5) is 0 Å². The predicted molar refractivity (Wildman–Crippen MR) is 130 cm³/mol. The number of benzene rings is 4. The van der Waals surface area contributed by atoms with Gasteiger partial charge >= 0.3 is 11.4 Å². The molecule has 33 heavy (non-hydrogen) atoms. The molecule has 0 atom stereocenters. The van der Waals surface area contributed by atoms with Gasteiger partial charge in [0.15, 0.2) is 0 Å². The third-order valence-electron chi connectivity index (χ3n) is 6.02. The largest absolute Gasteiger partial charge is 0.496 e. The average molecular weight is 433 g/mol. The number of fused-ring (bicyclic) bond motifs is 4.